The number of aromatic hydroxyl groups is 1. The molecule has 1 N–H and O–H groups in total. The number of ether oxygens (including phenoxy) is 1. The van der Waals surface area contributed by atoms with E-state index in [1.54, 1.807) is 0 Å². The lowest BCUT2D eigenvalue weighted by Gasteiger charge is -2.06. The minimum Gasteiger partial charge on any atom is -0.504 e. The Morgan fingerprint density at radius 2 is 2.31 bits per heavy atom. The molecule has 0 bridgehead atoms. The molecule has 0 atom stereocenters. The SMILES string of the molecule is COc1c(Cl)cc(C=O)c(O)c1F. The number of phenolic OH excluding ortho intramolecular Hbond substituents is 1. The van der Waals surface area contributed by atoms with Crippen molar-refractivity contribution in [3.05, 3.63) is 22.5 Å². The van der Waals surface area contributed by atoms with Gasteiger partial charge in [0, 0.05) is 0 Å². The predicted octanol–water partition coefficient (Wildman–Crippen LogP) is 2.01. The van der Waals surface area contributed by atoms with E-state index in [4.69, 9.17) is 16.7 Å². The third kappa shape index (κ3) is 1.58. The second-order valence-electron chi connectivity index (χ2n) is 2.26. The average Bonchev–Trinajstić information content (AvgIpc) is 2.12. The van der Waals surface area contributed by atoms with E-state index in [9.17, 15) is 9.18 Å². The van der Waals surface area contributed by atoms with Crippen LogP contribution in [0, 0.1) is 5.82 Å². The summed E-state index contributed by atoms with van der Waals surface area (Å²) >= 11 is 5.55. The summed E-state index contributed by atoms with van der Waals surface area (Å²) in [7, 11) is 1.21. The summed E-state index contributed by atoms with van der Waals surface area (Å²) in [5, 5.41) is 9.03. The zero-order chi connectivity index (χ0) is 10.0. The van der Waals surface area contributed by atoms with Gasteiger partial charge in [-0.3, -0.25) is 4.79 Å². The molecule has 0 heterocycles. The van der Waals surface area contributed by atoms with E-state index in [2.05, 4.69) is 4.74 Å². The maximum Gasteiger partial charge on any atom is 0.208 e. The fraction of sp³-hybridized carbons (Fsp3) is 0.125. The number of benzene rings is 1. The molecule has 0 unspecified atom stereocenters. The molecule has 0 spiro atoms. The molecule has 1 rings (SSSR count). The molecule has 3 nitrogen and oxygen atoms in total. The number of hydrogen-bond acceptors (Lipinski definition) is 3. The molecule has 70 valence electrons. The predicted molar refractivity (Wildman–Crippen MR) is 45.0 cm³/mol. The van der Waals surface area contributed by atoms with Gasteiger partial charge in [0.1, 0.15) is 0 Å². The number of phenols is 1. The molecule has 0 aliphatic heterocycles. The van der Waals surface area contributed by atoms with Gasteiger partial charge in [0.25, 0.3) is 0 Å². The molecule has 0 amide bonds. The first kappa shape index (κ1) is 9.80. The Kier molecular flexibility index (Phi) is 2.72. The lowest BCUT2D eigenvalue weighted by atomic mass is 10.2. The fourth-order valence-corrected chi connectivity index (χ4v) is 1.16. The normalized spacial score (nSPS) is 9.77. The van der Waals surface area contributed by atoms with Crippen molar-refractivity contribution < 1.29 is 19.0 Å². The summed E-state index contributed by atoms with van der Waals surface area (Å²) in [6, 6.07) is 1.13. The van der Waals surface area contributed by atoms with Crippen LogP contribution in [-0.4, -0.2) is 18.5 Å². The van der Waals surface area contributed by atoms with Crippen LogP contribution < -0.4 is 4.74 Å². The first-order chi connectivity index (χ1) is 6.11. The van der Waals surface area contributed by atoms with Gasteiger partial charge in [-0.1, -0.05) is 11.6 Å². The standard InChI is InChI=1S/C8H6ClFO3/c1-13-8-5(9)2-4(3-11)7(12)6(8)10/h2-3,12H,1H3. The van der Waals surface area contributed by atoms with Gasteiger partial charge in [-0.25, -0.2) is 0 Å². The molecule has 0 radical (unpaired) electrons. The van der Waals surface area contributed by atoms with Gasteiger partial charge in [-0.2, -0.15) is 4.39 Å². The smallest absolute Gasteiger partial charge is 0.208 e. The van der Waals surface area contributed by atoms with Crippen molar-refractivity contribution in [1.82, 2.24) is 0 Å². The summed E-state index contributed by atoms with van der Waals surface area (Å²) in [6.07, 6.45) is 0.309. The van der Waals surface area contributed by atoms with Crippen molar-refractivity contribution in [3.8, 4) is 11.5 Å². The van der Waals surface area contributed by atoms with Crippen LogP contribution in [0.2, 0.25) is 5.02 Å². The quantitative estimate of drug-likeness (QED) is 0.750. The Morgan fingerprint density at radius 1 is 1.69 bits per heavy atom. The highest BCUT2D eigenvalue weighted by Crippen LogP contribution is 2.35. The molecule has 0 saturated carbocycles. The highest BCUT2D eigenvalue weighted by molar-refractivity contribution is 6.32. The Bertz CT molecular complexity index is 352. The molecular weight excluding hydrogens is 199 g/mol. The van der Waals surface area contributed by atoms with E-state index in [-0.39, 0.29) is 16.3 Å². The highest BCUT2D eigenvalue weighted by atomic mass is 35.5. The first-order valence-corrected chi connectivity index (χ1v) is 3.69. The highest BCUT2D eigenvalue weighted by Gasteiger charge is 2.16. The molecule has 13 heavy (non-hydrogen) atoms. The van der Waals surface area contributed by atoms with Crippen molar-refractivity contribution >= 4 is 17.9 Å². The average molecular weight is 205 g/mol. The van der Waals surface area contributed by atoms with Crippen LogP contribution in [0.15, 0.2) is 6.07 Å². The topological polar surface area (TPSA) is 46.5 Å². The number of halogens is 2. The van der Waals surface area contributed by atoms with Crippen LogP contribution in [0.3, 0.4) is 0 Å². The molecule has 0 fully saturated rings. The number of rotatable bonds is 2. The lowest BCUT2D eigenvalue weighted by molar-refractivity contribution is 0.112. The Hall–Kier alpha value is -1.29. The third-order valence-corrected chi connectivity index (χ3v) is 1.79. The van der Waals surface area contributed by atoms with Gasteiger partial charge >= 0.3 is 0 Å². The third-order valence-electron chi connectivity index (χ3n) is 1.51. The summed E-state index contributed by atoms with van der Waals surface area (Å²) in [6.45, 7) is 0. The summed E-state index contributed by atoms with van der Waals surface area (Å²) in [4.78, 5) is 10.3. The van der Waals surface area contributed by atoms with Crippen LogP contribution in [0.1, 0.15) is 10.4 Å². The minimum absolute atomic E-state index is 0.0556. The molecular formula is C8H6ClFO3. The van der Waals surface area contributed by atoms with Crippen molar-refractivity contribution in [2.45, 2.75) is 0 Å². The second-order valence-corrected chi connectivity index (χ2v) is 2.67. The van der Waals surface area contributed by atoms with Gasteiger partial charge in [0.05, 0.1) is 17.7 Å². The monoisotopic (exact) mass is 204 g/mol. The Morgan fingerprint density at radius 3 is 2.77 bits per heavy atom. The summed E-state index contributed by atoms with van der Waals surface area (Å²) in [5.74, 6) is -2.06. The minimum atomic E-state index is -1.03. The summed E-state index contributed by atoms with van der Waals surface area (Å²) in [5.41, 5.74) is -0.205. The van der Waals surface area contributed by atoms with Gasteiger partial charge in [0.15, 0.2) is 17.8 Å². The molecule has 1 aromatic carbocycles. The molecule has 5 heteroatoms. The number of carbonyl (C=O) groups is 1. The maximum absolute atomic E-state index is 13.1. The number of aldehydes is 1. The summed E-state index contributed by atoms with van der Waals surface area (Å²) < 4.78 is 17.7. The van der Waals surface area contributed by atoms with E-state index in [1.165, 1.54) is 7.11 Å². The molecule has 0 saturated heterocycles. The van der Waals surface area contributed by atoms with E-state index in [0.717, 1.165) is 6.07 Å². The van der Waals surface area contributed by atoms with Crippen molar-refractivity contribution in [2.24, 2.45) is 0 Å². The van der Waals surface area contributed by atoms with E-state index in [0.29, 0.717) is 6.29 Å². The Labute approximate surface area is 78.7 Å². The maximum atomic E-state index is 13.1. The van der Waals surface area contributed by atoms with Crippen LogP contribution in [0.4, 0.5) is 4.39 Å². The van der Waals surface area contributed by atoms with Crippen LogP contribution >= 0.6 is 11.6 Å². The van der Waals surface area contributed by atoms with Gasteiger partial charge in [0.2, 0.25) is 5.82 Å². The van der Waals surface area contributed by atoms with E-state index < -0.39 is 11.6 Å². The van der Waals surface area contributed by atoms with Gasteiger partial charge in [-0.05, 0) is 6.07 Å². The molecule has 1 aromatic rings. The van der Waals surface area contributed by atoms with E-state index >= 15 is 0 Å². The molecule has 0 aliphatic rings. The first-order valence-electron chi connectivity index (χ1n) is 3.32. The zero-order valence-corrected chi connectivity index (χ0v) is 7.43. The van der Waals surface area contributed by atoms with Crippen molar-refractivity contribution in [1.29, 1.82) is 0 Å². The molecule has 0 aliphatic carbocycles. The number of hydrogen-bond donors (Lipinski definition) is 1. The van der Waals surface area contributed by atoms with Gasteiger partial charge in [-0.15, -0.1) is 0 Å². The second kappa shape index (κ2) is 3.62. The number of carbonyl (C=O) groups excluding carboxylic acids is 1. The largest absolute Gasteiger partial charge is 0.504 e. The molecule has 0 aromatic heterocycles. The van der Waals surface area contributed by atoms with Crippen molar-refractivity contribution in [3.63, 3.8) is 0 Å². The zero-order valence-electron chi connectivity index (χ0n) is 6.67. The Balaban J connectivity index is 3.45. The fourth-order valence-electron chi connectivity index (χ4n) is 0.886. The van der Waals surface area contributed by atoms with Crippen LogP contribution in [-0.2, 0) is 0 Å². The van der Waals surface area contributed by atoms with Crippen LogP contribution in [0.5, 0.6) is 11.5 Å². The number of methoxy groups -OCH3 is 1. The van der Waals surface area contributed by atoms with Gasteiger partial charge < -0.3 is 9.84 Å². The van der Waals surface area contributed by atoms with E-state index in [1.807, 2.05) is 0 Å². The van der Waals surface area contributed by atoms with Crippen molar-refractivity contribution in [2.75, 3.05) is 7.11 Å². The lowest BCUT2D eigenvalue weighted by Crippen LogP contribution is -1.93. The van der Waals surface area contributed by atoms with Crippen LogP contribution in [0.25, 0.3) is 0 Å².